The molecule has 1 atom stereocenters. The lowest BCUT2D eigenvalue weighted by Gasteiger charge is -2.33. The molecule has 2 rings (SSSR count). The van der Waals surface area contributed by atoms with Crippen LogP contribution >= 0.6 is 15.9 Å². The van der Waals surface area contributed by atoms with Gasteiger partial charge < -0.3 is 5.32 Å². The van der Waals surface area contributed by atoms with Gasteiger partial charge in [0.2, 0.25) is 0 Å². The monoisotopic (exact) mass is 300 g/mol. The van der Waals surface area contributed by atoms with Crippen molar-refractivity contribution in [2.24, 2.45) is 0 Å². The summed E-state index contributed by atoms with van der Waals surface area (Å²) < 4.78 is 15.1. The Bertz CT molecular complexity index is 403. The van der Waals surface area contributed by atoms with Gasteiger partial charge in [0.1, 0.15) is 5.82 Å². The zero-order valence-corrected chi connectivity index (χ0v) is 11.8. The van der Waals surface area contributed by atoms with Crippen LogP contribution in [-0.2, 0) is 0 Å². The maximum absolute atomic E-state index is 14.1. The van der Waals surface area contributed by atoms with Gasteiger partial charge in [0.05, 0.1) is 0 Å². The molecule has 0 saturated carbocycles. The number of benzene rings is 1. The molecule has 0 unspecified atom stereocenters. The minimum Gasteiger partial charge on any atom is -0.314 e. The molecular formula is C13H18BrFN2. The standard InChI is InChI=1S/C13H18BrFN2/c1-9-7-11(14)8-12(13(9)15)10(2)17-5-3-16-4-6-17/h7-8,10,16H,3-6H2,1-2H3/t10-/m1/s1. The van der Waals surface area contributed by atoms with Gasteiger partial charge in [0, 0.05) is 42.3 Å². The molecule has 2 nitrogen and oxygen atoms in total. The summed E-state index contributed by atoms with van der Waals surface area (Å²) in [6.07, 6.45) is 0. The van der Waals surface area contributed by atoms with Crippen molar-refractivity contribution in [1.29, 1.82) is 0 Å². The lowest BCUT2D eigenvalue weighted by Crippen LogP contribution is -2.44. The van der Waals surface area contributed by atoms with Crippen molar-refractivity contribution in [1.82, 2.24) is 10.2 Å². The van der Waals surface area contributed by atoms with Crippen molar-refractivity contribution >= 4 is 15.9 Å². The van der Waals surface area contributed by atoms with E-state index in [0.717, 1.165) is 36.2 Å². The SMILES string of the molecule is Cc1cc(Br)cc([C@@H](C)N2CCNCC2)c1F. The number of aryl methyl sites for hydroxylation is 1. The van der Waals surface area contributed by atoms with Gasteiger partial charge in [-0.3, -0.25) is 4.90 Å². The molecule has 1 aromatic carbocycles. The summed E-state index contributed by atoms with van der Waals surface area (Å²) >= 11 is 3.44. The summed E-state index contributed by atoms with van der Waals surface area (Å²) in [4.78, 5) is 2.32. The fourth-order valence-electron chi connectivity index (χ4n) is 2.32. The average Bonchev–Trinajstić information content (AvgIpc) is 2.34. The summed E-state index contributed by atoms with van der Waals surface area (Å²) in [6.45, 7) is 7.82. The van der Waals surface area contributed by atoms with Crippen LogP contribution in [0.4, 0.5) is 4.39 Å². The Balaban J connectivity index is 2.26. The number of piperazine rings is 1. The van der Waals surface area contributed by atoms with E-state index in [2.05, 4.69) is 33.1 Å². The number of halogens is 2. The molecule has 1 aromatic rings. The van der Waals surface area contributed by atoms with Crippen LogP contribution in [-0.4, -0.2) is 31.1 Å². The lowest BCUT2D eigenvalue weighted by atomic mass is 10.0. The lowest BCUT2D eigenvalue weighted by molar-refractivity contribution is 0.182. The molecule has 94 valence electrons. The van der Waals surface area contributed by atoms with E-state index in [0.29, 0.717) is 5.56 Å². The zero-order chi connectivity index (χ0) is 12.4. The molecule has 0 aliphatic carbocycles. The highest BCUT2D eigenvalue weighted by Gasteiger charge is 2.21. The average molecular weight is 301 g/mol. The van der Waals surface area contributed by atoms with Gasteiger partial charge in [-0.2, -0.15) is 0 Å². The first-order valence-electron chi connectivity index (χ1n) is 6.00. The molecule has 1 aliphatic rings. The van der Waals surface area contributed by atoms with Crippen molar-refractivity contribution in [2.45, 2.75) is 19.9 Å². The van der Waals surface area contributed by atoms with Crippen molar-refractivity contribution < 1.29 is 4.39 Å². The molecule has 4 heteroatoms. The summed E-state index contributed by atoms with van der Waals surface area (Å²) in [6, 6.07) is 3.85. The molecule has 1 aliphatic heterocycles. The third kappa shape index (κ3) is 2.87. The van der Waals surface area contributed by atoms with E-state index in [1.54, 1.807) is 0 Å². The van der Waals surface area contributed by atoms with E-state index in [-0.39, 0.29) is 11.9 Å². The molecule has 0 bridgehead atoms. The molecule has 17 heavy (non-hydrogen) atoms. The number of nitrogens with one attached hydrogen (secondary N) is 1. The quantitative estimate of drug-likeness (QED) is 0.903. The van der Waals surface area contributed by atoms with Crippen LogP contribution in [0.15, 0.2) is 16.6 Å². The van der Waals surface area contributed by atoms with Crippen LogP contribution in [0.2, 0.25) is 0 Å². The first-order valence-corrected chi connectivity index (χ1v) is 6.79. The van der Waals surface area contributed by atoms with Crippen LogP contribution in [0.25, 0.3) is 0 Å². The number of nitrogens with zero attached hydrogens (tertiary/aromatic N) is 1. The van der Waals surface area contributed by atoms with E-state index >= 15 is 0 Å². The highest BCUT2D eigenvalue weighted by Crippen LogP contribution is 2.28. The first kappa shape index (κ1) is 13.0. The Hall–Kier alpha value is -0.450. The van der Waals surface area contributed by atoms with Crippen LogP contribution < -0.4 is 5.32 Å². The van der Waals surface area contributed by atoms with Crippen molar-refractivity contribution in [3.05, 3.63) is 33.5 Å². The molecular weight excluding hydrogens is 283 g/mol. The minimum atomic E-state index is -0.0702. The van der Waals surface area contributed by atoms with Crippen molar-refractivity contribution in [3.63, 3.8) is 0 Å². The number of hydrogen-bond donors (Lipinski definition) is 1. The smallest absolute Gasteiger partial charge is 0.130 e. The molecule has 0 amide bonds. The van der Waals surface area contributed by atoms with E-state index in [9.17, 15) is 4.39 Å². The van der Waals surface area contributed by atoms with E-state index in [1.165, 1.54) is 0 Å². The van der Waals surface area contributed by atoms with Gasteiger partial charge >= 0.3 is 0 Å². The number of rotatable bonds is 2. The molecule has 1 fully saturated rings. The summed E-state index contributed by atoms with van der Waals surface area (Å²) in [7, 11) is 0. The minimum absolute atomic E-state index is 0.0702. The first-order chi connectivity index (χ1) is 8.09. The van der Waals surface area contributed by atoms with Crippen LogP contribution in [0.3, 0.4) is 0 Å². The largest absolute Gasteiger partial charge is 0.314 e. The van der Waals surface area contributed by atoms with E-state index in [4.69, 9.17) is 0 Å². The van der Waals surface area contributed by atoms with Gasteiger partial charge in [-0.05, 0) is 31.5 Å². The Morgan fingerprint density at radius 1 is 1.35 bits per heavy atom. The summed E-state index contributed by atoms with van der Waals surface area (Å²) in [5.74, 6) is -0.0702. The van der Waals surface area contributed by atoms with Gasteiger partial charge in [0.25, 0.3) is 0 Å². The highest BCUT2D eigenvalue weighted by atomic mass is 79.9. The van der Waals surface area contributed by atoms with E-state index < -0.39 is 0 Å². The predicted molar refractivity (Wildman–Crippen MR) is 71.7 cm³/mol. The summed E-state index contributed by atoms with van der Waals surface area (Å²) in [5, 5.41) is 3.31. The topological polar surface area (TPSA) is 15.3 Å². The maximum atomic E-state index is 14.1. The van der Waals surface area contributed by atoms with Crippen molar-refractivity contribution in [3.8, 4) is 0 Å². The van der Waals surface area contributed by atoms with Crippen LogP contribution in [0.5, 0.6) is 0 Å². The van der Waals surface area contributed by atoms with E-state index in [1.807, 2.05) is 19.1 Å². The summed E-state index contributed by atoms with van der Waals surface area (Å²) in [5.41, 5.74) is 1.50. The van der Waals surface area contributed by atoms with Crippen LogP contribution in [0.1, 0.15) is 24.1 Å². The van der Waals surface area contributed by atoms with Crippen molar-refractivity contribution in [2.75, 3.05) is 26.2 Å². The Kier molecular flexibility index (Phi) is 4.17. The molecule has 1 N–H and O–H groups in total. The molecule has 0 spiro atoms. The molecule has 1 heterocycles. The van der Waals surface area contributed by atoms with Gasteiger partial charge in [-0.15, -0.1) is 0 Å². The molecule has 1 saturated heterocycles. The predicted octanol–water partition coefficient (Wildman–Crippen LogP) is 2.86. The maximum Gasteiger partial charge on any atom is 0.130 e. The second-order valence-corrected chi connectivity index (χ2v) is 5.50. The second kappa shape index (κ2) is 5.46. The Morgan fingerprint density at radius 3 is 2.65 bits per heavy atom. The zero-order valence-electron chi connectivity index (χ0n) is 10.3. The third-order valence-electron chi connectivity index (χ3n) is 3.40. The van der Waals surface area contributed by atoms with Crippen LogP contribution in [0, 0.1) is 12.7 Å². The molecule has 0 radical (unpaired) electrons. The Labute approximate surface area is 110 Å². The van der Waals surface area contributed by atoms with Gasteiger partial charge in [-0.1, -0.05) is 15.9 Å². The normalized spacial score (nSPS) is 19.3. The highest BCUT2D eigenvalue weighted by molar-refractivity contribution is 9.10. The third-order valence-corrected chi connectivity index (χ3v) is 3.85. The Morgan fingerprint density at radius 2 is 2.00 bits per heavy atom. The fourth-order valence-corrected chi connectivity index (χ4v) is 2.91. The second-order valence-electron chi connectivity index (χ2n) is 4.59. The number of hydrogen-bond acceptors (Lipinski definition) is 2. The molecule has 0 aromatic heterocycles. The van der Waals surface area contributed by atoms with Gasteiger partial charge in [-0.25, -0.2) is 4.39 Å². The van der Waals surface area contributed by atoms with Gasteiger partial charge in [0.15, 0.2) is 0 Å². The fraction of sp³-hybridized carbons (Fsp3) is 0.538.